The van der Waals surface area contributed by atoms with E-state index in [9.17, 15) is 13.2 Å². The molecule has 0 aliphatic carbocycles. The number of aliphatic hydroxyl groups is 1. The van der Waals surface area contributed by atoms with Crippen molar-refractivity contribution < 1.29 is 18.3 Å². The lowest BCUT2D eigenvalue weighted by Crippen LogP contribution is -2.34. The Hall–Kier alpha value is -1.56. The van der Waals surface area contributed by atoms with Gasteiger partial charge in [0.25, 0.3) is 0 Å². The van der Waals surface area contributed by atoms with Crippen LogP contribution in [0, 0.1) is 0 Å². The number of nitrogens with zero attached hydrogens (tertiary/aromatic N) is 1. The highest BCUT2D eigenvalue weighted by Crippen LogP contribution is 2.38. The second-order valence-corrected chi connectivity index (χ2v) is 4.55. The number of aliphatic hydroxyl groups excluding tert-OH is 1. The van der Waals surface area contributed by atoms with Crippen LogP contribution in [0.1, 0.15) is 19.4 Å². The van der Waals surface area contributed by atoms with Crippen molar-refractivity contribution in [2.24, 2.45) is 4.99 Å². The molecule has 0 bridgehead atoms. The average molecular weight is 260 g/mol. The summed E-state index contributed by atoms with van der Waals surface area (Å²) in [6, 6.07) is 3.67. The van der Waals surface area contributed by atoms with Crippen molar-refractivity contribution in [3.8, 4) is 0 Å². The molecule has 0 aliphatic rings. The molecule has 0 atom stereocenters. The molecule has 1 rings (SSSR count). The minimum atomic E-state index is -4.49. The monoisotopic (exact) mass is 260 g/mol. The maximum Gasteiger partial charge on any atom is 0.418 e. The molecule has 6 heteroatoms. The smallest absolute Gasteiger partial charge is 0.394 e. The maximum absolute atomic E-state index is 12.8. The molecule has 18 heavy (non-hydrogen) atoms. The third-order valence-corrected chi connectivity index (χ3v) is 2.35. The van der Waals surface area contributed by atoms with Gasteiger partial charge in [0.2, 0.25) is 0 Å². The minimum Gasteiger partial charge on any atom is -0.394 e. The first kappa shape index (κ1) is 14.5. The Bertz CT molecular complexity index is 441. The maximum atomic E-state index is 12.8. The zero-order chi connectivity index (χ0) is 14.0. The van der Waals surface area contributed by atoms with E-state index >= 15 is 0 Å². The lowest BCUT2D eigenvalue weighted by molar-refractivity contribution is -0.137. The van der Waals surface area contributed by atoms with Gasteiger partial charge in [-0.3, -0.25) is 4.99 Å². The summed E-state index contributed by atoms with van der Waals surface area (Å²) in [7, 11) is 0. The van der Waals surface area contributed by atoms with Gasteiger partial charge in [-0.05, 0) is 38.8 Å². The summed E-state index contributed by atoms with van der Waals surface area (Å²) in [5.74, 6) is 0. The lowest BCUT2D eigenvalue weighted by atomic mass is 10.1. The topological polar surface area (TPSA) is 44.6 Å². The number of hydrogen-bond donors (Lipinski definition) is 2. The van der Waals surface area contributed by atoms with E-state index in [1.807, 2.05) is 0 Å². The molecule has 0 aliphatic heterocycles. The SMILES string of the molecule is C=Nc1ccc(NC(C)(C)CO)cc1C(F)(F)F. The molecule has 0 saturated heterocycles. The van der Waals surface area contributed by atoms with Gasteiger partial charge in [-0.1, -0.05) is 0 Å². The van der Waals surface area contributed by atoms with Gasteiger partial charge in [-0.25, -0.2) is 0 Å². The Morgan fingerprint density at radius 3 is 2.39 bits per heavy atom. The number of nitrogens with one attached hydrogen (secondary N) is 1. The van der Waals surface area contributed by atoms with Crippen LogP contribution in [0.25, 0.3) is 0 Å². The van der Waals surface area contributed by atoms with Crippen molar-refractivity contribution in [2.45, 2.75) is 25.6 Å². The molecule has 0 unspecified atom stereocenters. The highest BCUT2D eigenvalue weighted by Gasteiger charge is 2.34. The van der Waals surface area contributed by atoms with Crippen LogP contribution in [0.2, 0.25) is 0 Å². The van der Waals surface area contributed by atoms with Gasteiger partial charge in [-0.15, -0.1) is 0 Å². The molecule has 0 amide bonds. The van der Waals surface area contributed by atoms with Crippen LogP contribution in [-0.4, -0.2) is 24.0 Å². The third kappa shape index (κ3) is 3.46. The van der Waals surface area contributed by atoms with Crippen LogP contribution in [0.3, 0.4) is 0 Å². The summed E-state index contributed by atoms with van der Waals surface area (Å²) in [5, 5.41) is 11.9. The van der Waals surface area contributed by atoms with Crippen LogP contribution < -0.4 is 5.32 Å². The first-order valence-corrected chi connectivity index (χ1v) is 5.26. The molecular formula is C12H15F3N2O. The van der Waals surface area contributed by atoms with Crippen molar-refractivity contribution >= 4 is 18.1 Å². The van der Waals surface area contributed by atoms with Gasteiger partial charge in [0.15, 0.2) is 0 Å². The number of aliphatic imine (C=N–C) groups is 1. The van der Waals surface area contributed by atoms with Gasteiger partial charge >= 0.3 is 6.18 Å². The van der Waals surface area contributed by atoms with Crippen LogP contribution in [0.5, 0.6) is 0 Å². The Morgan fingerprint density at radius 1 is 1.33 bits per heavy atom. The largest absolute Gasteiger partial charge is 0.418 e. The highest BCUT2D eigenvalue weighted by molar-refractivity contribution is 5.60. The van der Waals surface area contributed by atoms with Crippen molar-refractivity contribution in [1.29, 1.82) is 0 Å². The van der Waals surface area contributed by atoms with Crippen molar-refractivity contribution in [1.82, 2.24) is 0 Å². The third-order valence-electron chi connectivity index (χ3n) is 2.35. The fourth-order valence-corrected chi connectivity index (χ4v) is 1.41. The molecule has 1 aromatic rings. The highest BCUT2D eigenvalue weighted by atomic mass is 19.4. The first-order valence-electron chi connectivity index (χ1n) is 5.26. The lowest BCUT2D eigenvalue weighted by Gasteiger charge is -2.25. The van der Waals surface area contributed by atoms with Crippen LogP contribution in [0.15, 0.2) is 23.2 Å². The molecule has 0 heterocycles. The summed E-state index contributed by atoms with van der Waals surface area (Å²) in [4.78, 5) is 3.35. The number of alkyl halides is 3. The zero-order valence-corrected chi connectivity index (χ0v) is 10.2. The molecule has 0 aromatic heterocycles. The van der Waals surface area contributed by atoms with E-state index in [1.54, 1.807) is 13.8 Å². The molecule has 0 spiro atoms. The Morgan fingerprint density at radius 2 is 1.94 bits per heavy atom. The summed E-state index contributed by atoms with van der Waals surface area (Å²) in [6.45, 7) is 6.28. The van der Waals surface area contributed by atoms with E-state index in [0.717, 1.165) is 6.07 Å². The van der Waals surface area contributed by atoms with Gasteiger partial charge in [0, 0.05) is 5.69 Å². The van der Waals surface area contributed by atoms with Gasteiger partial charge in [0.1, 0.15) is 0 Å². The number of hydrogen-bond acceptors (Lipinski definition) is 3. The molecule has 3 nitrogen and oxygen atoms in total. The van der Waals surface area contributed by atoms with Gasteiger partial charge in [-0.2, -0.15) is 13.2 Å². The van der Waals surface area contributed by atoms with Crippen LogP contribution in [-0.2, 0) is 6.18 Å². The Balaban J connectivity index is 3.15. The van der Waals surface area contributed by atoms with Crippen LogP contribution in [0.4, 0.5) is 24.5 Å². The van der Waals surface area contributed by atoms with E-state index < -0.39 is 17.3 Å². The molecular weight excluding hydrogens is 245 g/mol. The Kier molecular flexibility index (Phi) is 4.01. The van der Waals surface area contributed by atoms with E-state index in [4.69, 9.17) is 5.11 Å². The van der Waals surface area contributed by atoms with Gasteiger partial charge < -0.3 is 10.4 Å². The van der Waals surface area contributed by atoms with E-state index in [2.05, 4.69) is 17.0 Å². The van der Waals surface area contributed by atoms with E-state index in [1.165, 1.54) is 12.1 Å². The predicted octanol–water partition coefficient (Wildman–Crippen LogP) is 3.22. The van der Waals surface area contributed by atoms with Gasteiger partial charge in [0.05, 0.1) is 23.4 Å². The normalized spacial score (nSPS) is 12.3. The molecule has 1 aromatic carbocycles. The number of benzene rings is 1. The van der Waals surface area contributed by atoms with Crippen LogP contribution >= 0.6 is 0 Å². The molecule has 0 fully saturated rings. The molecule has 100 valence electrons. The second-order valence-electron chi connectivity index (χ2n) is 4.55. The number of rotatable bonds is 4. The number of anilines is 1. The van der Waals surface area contributed by atoms with Crippen molar-refractivity contribution in [3.05, 3.63) is 23.8 Å². The number of halogens is 3. The van der Waals surface area contributed by atoms with Crippen molar-refractivity contribution in [3.63, 3.8) is 0 Å². The summed E-state index contributed by atoms with van der Waals surface area (Å²) >= 11 is 0. The van der Waals surface area contributed by atoms with Crippen molar-refractivity contribution in [2.75, 3.05) is 11.9 Å². The first-order chi connectivity index (χ1) is 8.19. The second kappa shape index (κ2) is 4.97. The summed E-state index contributed by atoms with van der Waals surface area (Å²) < 4.78 is 38.3. The predicted molar refractivity (Wildman–Crippen MR) is 65.4 cm³/mol. The standard InChI is InChI=1S/C12H15F3N2O/c1-11(2,7-18)17-8-4-5-10(16-3)9(6-8)12(13,14)15/h4-6,17-18H,3,7H2,1-2H3. The summed E-state index contributed by atoms with van der Waals surface area (Å²) in [5.41, 5.74) is -1.49. The quantitative estimate of drug-likeness (QED) is 0.816. The Labute approximate surface area is 103 Å². The fraction of sp³-hybridized carbons (Fsp3) is 0.417. The minimum absolute atomic E-state index is 0.199. The molecule has 0 saturated carbocycles. The molecule has 0 radical (unpaired) electrons. The fourth-order valence-electron chi connectivity index (χ4n) is 1.41. The average Bonchev–Trinajstić information content (AvgIpc) is 2.27. The zero-order valence-electron chi connectivity index (χ0n) is 10.2. The molecule has 2 N–H and O–H groups in total. The summed E-state index contributed by atoms with van der Waals surface area (Å²) in [6.07, 6.45) is -4.49. The van der Waals surface area contributed by atoms with E-state index in [-0.39, 0.29) is 18.0 Å². The van der Waals surface area contributed by atoms with E-state index in [0.29, 0.717) is 0 Å².